The van der Waals surface area contributed by atoms with Crippen molar-refractivity contribution in [2.45, 2.75) is 25.3 Å². The van der Waals surface area contributed by atoms with Crippen molar-refractivity contribution in [2.24, 2.45) is 0 Å². The fourth-order valence-electron chi connectivity index (χ4n) is 1.76. The van der Waals surface area contributed by atoms with E-state index in [1.54, 1.807) is 24.7 Å². The number of pyridine rings is 1. The van der Waals surface area contributed by atoms with Crippen molar-refractivity contribution >= 4 is 27.2 Å². The zero-order chi connectivity index (χ0) is 15.5. The number of nitrogens with zero attached hydrogens (tertiary/aromatic N) is 3. The summed E-state index contributed by atoms with van der Waals surface area (Å²) in [6.07, 6.45) is 1.38. The molecule has 2 aromatic heterocycles. The largest absolute Gasteiger partial charge is 0.370 e. The Morgan fingerprint density at radius 2 is 2.10 bits per heavy atom. The second-order valence-electron chi connectivity index (χ2n) is 4.53. The molecule has 2 rings (SSSR count). The van der Waals surface area contributed by atoms with Crippen molar-refractivity contribution in [1.82, 2.24) is 14.3 Å². The summed E-state index contributed by atoms with van der Waals surface area (Å²) in [4.78, 5) is 9.37. The Morgan fingerprint density at radius 3 is 2.62 bits per heavy atom. The molecule has 8 heteroatoms. The van der Waals surface area contributed by atoms with Crippen LogP contribution in [0.1, 0.15) is 17.5 Å². The van der Waals surface area contributed by atoms with Gasteiger partial charge in [0.05, 0.1) is 11.2 Å². The van der Waals surface area contributed by atoms with Crippen LogP contribution in [0.4, 0.5) is 5.82 Å². The van der Waals surface area contributed by atoms with E-state index in [0.29, 0.717) is 12.4 Å². The smallest absolute Gasteiger partial charge is 0.244 e. The van der Waals surface area contributed by atoms with E-state index in [1.807, 2.05) is 13.8 Å². The van der Waals surface area contributed by atoms with Crippen LogP contribution in [0, 0.1) is 6.92 Å². The zero-order valence-electron chi connectivity index (χ0n) is 12.2. The molecule has 2 aromatic rings. The van der Waals surface area contributed by atoms with Crippen LogP contribution in [0.15, 0.2) is 28.7 Å². The molecule has 21 heavy (non-hydrogen) atoms. The normalized spacial score (nSPS) is 11.8. The summed E-state index contributed by atoms with van der Waals surface area (Å²) in [5, 5.41) is 3.03. The third-order valence-corrected chi connectivity index (χ3v) is 5.72. The number of hydrogen-bond donors (Lipinski definition) is 1. The molecule has 0 saturated heterocycles. The molecular weight excluding hydrogens is 308 g/mol. The highest BCUT2D eigenvalue weighted by Crippen LogP contribution is 2.20. The Labute approximate surface area is 128 Å². The van der Waals surface area contributed by atoms with E-state index in [4.69, 9.17) is 0 Å². The summed E-state index contributed by atoms with van der Waals surface area (Å²) >= 11 is 1.46. The molecule has 114 valence electrons. The van der Waals surface area contributed by atoms with Gasteiger partial charge in [-0.25, -0.2) is 18.4 Å². The summed E-state index contributed by atoms with van der Waals surface area (Å²) in [5.41, 5.74) is 2.58. The van der Waals surface area contributed by atoms with Gasteiger partial charge in [-0.1, -0.05) is 0 Å². The molecule has 0 unspecified atom stereocenters. The minimum Gasteiger partial charge on any atom is -0.370 e. The Hall–Kier alpha value is -1.51. The van der Waals surface area contributed by atoms with Gasteiger partial charge in [0.2, 0.25) is 10.0 Å². The third-order valence-electron chi connectivity index (χ3n) is 3.01. The van der Waals surface area contributed by atoms with Crippen LogP contribution in [0.25, 0.3) is 0 Å². The number of thiazole rings is 1. The van der Waals surface area contributed by atoms with Crippen molar-refractivity contribution in [2.75, 3.05) is 18.9 Å². The monoisotopic (exact) mass is 326 g/mol. The lowest BCUT2D eigenvalue weighted by molar-refractivity contribution is 0.468. The van der Waals surface area contributed by atoms with Crippen molar-refractivity contribution in [3.05, 3.63) is 34.4 Å². The van der Waals surface area contributed by atoms with Crippen molar-refractivity contribution in [3.8, 4) is 0 Å². The molecule has 6 nitrogen and oxygen atoms in total. The van der Waals surface area contributed by atoms with E-state index in [9.17, 15) is 8.42 Å². The van der Waals surface area contributed by atoms with E-state index in [-0.39, 0.29) is 4.90 Å². The van der Waals surface area contributed by atoms with Crippen LogP contribution in [0.2, 0.25) is 0 Å². The van der Waals surface area contributed by atoms with Crippen LogP contribution < -0.4 is 5.32 Å². The van der Waals surface area contributed by atoms with Crippen molar-refractivity contribution in [3.63, 3.8) is 0 Å². The molecule has 0 saturated carbocycles. The van der Waals surface area contributed by atoms with Gasteiger partial charge >= 0.3 is 0 Å². The molecule has 0 amide bonds. The van der Waals surface area contributed by atoms with Gasteiger partial charge in [-0.2, -0.15) is 4.31 Å². The summed E-state index contributed by atoms with van der Waals surface area (Å²) in [7, 11) is -1.98. The number of aryl methyl sites for hydroxylation is 1. The van der Waals surface area contributed by atoms with Gasteiger partial charge in [-0.15, -0.1) is 11.3 Å². The molecule has 0 atom stereocenters. The van der Waals surface area contributed by atoms with Crippen LogP contribution in [-0.4, -0.2) is 36.3 Å². The van der Waals surface area contributed by atoms with E-state index in [0.717, 1.165) is 17.1 Å². The topological polar surface area (TPSA) is 75.2 Å². The maximum Gasteiger partial charge on any atom is 0.244 e. The number of aromatic nitrogens is 2. The third kappa shape index (κ3) is 3.58. The molecule has 0 aliphatic heterocycles. The van der Waals surface area contributed by atoms with Crippen LogP contribution in [0.3, 0.4) is 0 Å². The highest BCUT2D eigenvalue weighted by molar-refractivity contribution is 7.89. The van der Waals surface area contributed by atoms with Crippen LogP contribution >= 0.6 is 11.3 Å². The Kier molecular flexibility index (Phi) is 4.92. The first-order chi connectivity index (χ1) is 9.95. The van der Waals surface area contributed by atoms with Crippen LogP contribution in [-0.2, 0) is 16.6 Å². The SMILES string of the molecule is CCNc1ccc(S(=O)(=O)N(C)Cc2scnc2C)cn1. The lowest BCUT2D eigenvalue weighted by atomic mass is 10.4. The van der Waals surface area contributed by atoms with E-state index in [1.165, 1.54) is 21.8 Å². The van der Waals surface area contributed by atoms with Crippen molar-refractivity contribution in [1.29, 1.82) is 0 Å². The number of nitrogens with one attached hydrogen (secondary N) is 1. The molecule has 0 aliphatic carbocycles. The summed E-state index contributed by atoms with van der Waals surface area (Å²) in [6.45, 7) is 4.88. The first-order valence-electron chi connectivity index (χ1n) is 6.50. The molecule has 0 aliphatic rings. The number of hydrogen-bond acceptors (Lipinski definition) is 6. The second kappa shape index (κ2) is 6.50. The van der Waals surface area contributed by atoms with Gasteiger partial charge < -0.3 is 5.32 Å². The van der Waals surface area contributed by atoms with E-state index < -0.39 is 10.0 Å². The molecule has 0 bridgehead atoms. The molecular formula is C13H18N4O2S2. The average molecular weight is 326 g/mol. The lowest BCUT2D eigenvalue weighted by Crippen LogP contribution is -2.26. The molecule has 0 radical (unpaired) electrons. The lowest BCUT2D eigenvalue weighted by Gasteiger charge is -2.16. The zero-order valence-corrected chi connectivity index (χ0v) is 13.8. The van der Waals surface area contributed by atoms with Gasteiger partial charge in [-0.05, 0) is 26.0 Å². The number of anilines is 1. The molecule has 0 aromatic carbocycles. The van der Waals surface area contributed by atoms with Gasteiger partial charge in [-0.3, -0.25) is 0 Å². The van der Waals surface area contributed by atoms with Crippen LogP contribution in [0.5, 0.6) is 0 Å². The average Bonchev–Trinajstić information content (AvgIpc) is 2.85. The fraction of sp³-hybridized carbons (Fsp3) is 0.385. The Morgan fingerprint density at radius 1 is 1.33 bits per heavy atom. The predicted molar refractivity (Wildman–Crippen MR) is 83.9 cm³/mol. The molecule has 2 heterocycles. The minimum atomic E-state index is -3.54. The van der Waals surface area contributed by atoms with Gasteiger partial charge in [0.15, 0.2) is 0 Å². The van der Waals surface area contributed by atoms with E-state index >= 15 is 0 Å². The number of sulfonamides is 1. The number of rotatable bonds is 6. The highest BCUT2D eigenvalue weighted by Gasteiger charge is 2.22. The Bertz CT molecular complexity index is 695. The fourth-order valence-corrected chi connectivity index (χ4v) is 3.76. The molecule has 1 N–H and O–H groups in total. The minimum absolute atomic E-state index is 0.189. The van der Waals surface area contributed by atoms with Gasteiger partial charge in [0, 0.05) is 31.2 Å². The first-order valence-corrected chi connectivity index (χ1v) is 8.82. The Balaban J connectivity index is 2.18. The maximum absolute atomic E-state index is 12.5. The van der Waals surface area contributed by atoms with Crippen molar-refractivity contribution < 1.29 is 8.42 Å². The summed E-state index contributed by atoms with van der Waals surface area (Å²) in [5.74, 6) is 0.664. The summed E-state index contributed by atoms with van der Waals surface area (Å²) < 4.78 is 26.3. The molecule has 0 fully saturated rings. The molecule has 0 spiro atoms. The predicted octanol–water partition coefficient (Wildman–Crippen LogP) is 2.10. The second-order valence-corrected chi connectivity index (χ2v) is 7.52. The quantitative estimate of drug-likeness (QED) is 0.880. The first kappa shape index (κ1) is 15.9. The summed E-state index contributed by atoms with van der Waals surface area (Å²) in [6, 6.07) is 3.23. The standard InChI is InChI=1S/C13H18N4O2S2/c1-4-14-13-6-5-11(7-15-13)21(18,19)17(3)8-12-10(2)16-9-20-12/h5-7,9H,4,8H2,1-3H3,(H,14,15). The van der Waals surface area contributed by atoms with Gasteiger partial charge in [0.1, 0.15) is 10.7 Å². The van der Waals surface area contributed by atoms with Gasteiger partial charge in [0.25, 0.3) is 0 Å². The highest BCUT2D eigenvalue weighted by atomic mass is 32.2. The maximum atomic E-state index is 12.5. The van der Waals surface area contributed by atoms with E-state index in [2.05, 4.69) is 15.3 Å².